The Hall–Kier alpha value is -2.40. The third-order valence-electron chi connectivity index (χ3n) is 4.05. The second kappa shape index (κ2) is 7.24. The fraction of sp³-hybridized carbons (Fsp3) is 0.333. The number of amides is 1. The van der Waals surface area contributed by atoms with Crippen LogP contribution in [0.5, 0.6) is 5.75 Å². The van der Waals surface area contributed by atoms with Gasteiger partial charge in [-0.1, -0.05) is 6.07 Å². The molecule has 5 nitrogen and oxygen atoms in total. The normalized spacial score (nSPS) is 13.3. The molecule has 23 heavy (non-hydrogen) atoms. The first-order valence-corrected chi connectivity index (χ1v) is 7.84. The molecule has 1 amide bonds. The van der Waals surface area contributed by atoms with E-state index < -0.39 is 0 Å². The number of hydrogen-bond donors (Lipinski definition) is 2. The maximum absolute atomic E-state index is 12.0. The van der Waals surface area contributed by atoms with E-state index in [9.17, 15) is 9.90 Å². The third kappa shape index (κ3) is 3.87. The van der Waals surface area contributed by atoms with Crippen molar-refractivity contribution in [1.29, 1.82) is 0 Å². The number of pyridine rings is 1. The predicted molar refractivity (Wildman–Crippen MR) is 87.4 cm³/mol. The zero-order valence-corrected chi connectivity index (χ0v) is 12.9. The smallest absolute Gasteiger partial charge is 0.262 e. The molecule has 1 aromatic heterocycles. The highest BCUT2D eigenvalue weighted by molar-refractivity contribution is 5.92. The van der Waals surface area contributed by atoms with Crippen LogP contribution in [0, 0.1) is 0 Å². The molecule has 0 saturated carbocycles. The molecule has 2 aromatic rings. The molecular formula is C18H20N2O3. The first-order valence-electron chi connectivity index (χ1n) is 7.84. The number of ether oxygens (including phenoxy) is 1. The molecule has 5 heteroatoms. The van der Waals surface area contributed by atoms with Crippen molar-refractivity contribution in [3.8, 4) is 5.75 Å². The highest BCUT2D eigenvalue weighted by Gasteiger charge is 2.11. The van der Waals surface area contributed by atoms with Crippen LogP contribution in [0.25, 0.3) is 0 Å². The van der Waals surface area contributed by atoms with Gasteiger partial charge in [0.2, 0.25) is 0 Å². The molecule has 0 saturated heterocycles. The number of aromatic nitrogens is 1. The minimum atomic E-state index is -0.273. The zero-order valence-electron chi connectivity index (χ0n) is 12.9. The van der Waals surface area contributed by atoms with Crippen molar-refractivity contribution in [2.75, 3.05) is 11.9 Å². The number of fused-ring (bicyclic) bond motifs is 1. The number of benzene rings is 1. The maximum Gasteiger partial charge on any atom is 0.262 e. The minimum absolute atomic E-state index is 0.0709. The largest absolute Gasteiger partial charge is 0.484 e. The van der Waals surface area contributed by atoms with Gasteiger partial charge in [0.05, 0.1) is 18.5 Å². The molecule has 0 unspecified atom stereocenters. The first kappa shape index (κ1) is 15.5. The average molecular weight is 312 g/mol. The van der Waals surface area contributed by atoms with Crippen molar-refractivity contribution >= 4 is 11.6 Å². The van der Waals surface area contributed by atoms with Crippen LogP contribution in [0.2, 0.25) is 0 Å². The molecule has 0 bridgehead atoms. The Kier molecular flexibility index (Phi) is 4.88. The molecule has 0 radical (unpaired) electrons. The van der Waals surface area contributed by atoms with Crippen molar-refractivity contribution in [2.45, 2.75) is 32.3 Å². The number of aliphatic hydroxyl groups is 1. The number of carbonyl (C=O) groups is 1. The summed E-state index contributed by atoms with van der Waals surface area (Å²) >= 11 is 0. The second-order valence-corrected chi connectivity index (χ2v) is 5.67. The number of nitrogens with zero attached hydrogens (tertiary/aromatic N) is 1. The van der Waals surface area contributed by atoms with Gasteiger partial charge in [0.15, 0.2) is 6.61 Å². The summed E-state index contributed by atoms with van der Waals surface area (Å²) in [6.07, 6.45) is 7.75. The van der Waals surface area contributed by atoms with Crippen molar-refractivity contribution in [3.63, 3.8) is 0 Å². The Morgan fingerprint density at radius 2 is 2.04 bits per heavy atom. The van der Waals surface area contributed by atoms with Gasteiger partial charge in [-0.3, -0.25) is 9.78 Å². The van der Waals surface area contributed by atoms with Crippen LogP contribution >= 0.6 is 0 Å². The van der Waals surface area contributed by atoms with E-state index in [4.69, 9.17) is 4.74 Å². The SMILES string of the molecule is O=C(COc1ccc2c(c1)CCCC2)Nc1cnccc1CO. The zero-order chi connectivity index (χ0) is 16.1. The molecule has 1 aliphatic carbocycles. The van der Waals surface area contributed by atoms with E-state index in [0.717, 1.165) is 18.6 Å². The van der Waals surface area contributed by atoms with Gasteiger partial charge in [-0.05, 0) is 55.0 Å². The van der Waals surface area contributed by atoms with E-state index in [1.807, 2.05) is 12.1 Å². The fourth-order valence-corrected chi connectivity index (χ4v) is 2.81. The van der Waals surface area contributed by atoms with E-state index >= 15 is 0 Å². The Morgan fingerprint density at radius 1 is 1.22 bits per heavy atom. The molecule has 120 valence electrons. The topological polar surface area (TPSA) is 71.5 Å². The molecule has 2 N–H and O–H groups in total. The van der Waals surface area contributed by atoms with Gasteiger partial charge < -0.3 is 15.2 Å². The van der Waals surface area contributed by atoms with Gasteiger partial charge in [-0.15, -0.1) is 0 Å². The number of carbonyl (C=O) groups excluding carboxylic acids is 1. The lowest BCUT2D eigenvalue weighted by atomic mass is 9.92. The molecule has 0 atom stereocenters. The Balaban J connectivity index is 1.58. The lowest BCUT2D eigenvalue weighted by molar-refractivity contribution is -0.118. The summed E-state index contributed by atoms with van der Waals surface area (Å²) in [6.45, 7) is -0.220. The van der Waals surface area contributed by atoms with Gasteiger partial charge in [0.25, 0.3) is 5.91 Å². The molecular weight excluding hydrogens is 292 g/mol. The first-order chi connectivity index (χ1) is 11.3. The molecule has 1 aromatic carbocycles. The highest BCUT2D eigenvalue weighted by atomic mass is 16.5. The van der Waals surface area contributed by atoms with Crippen molar-refractivity contribution in [3.05, 3.63) is 53.3 Å². The van der Waals surface area contributed by atoms with Crippen molar-refractivity contribution < 1.29 is 14.6 Å². The van der Waals surface area contributed by atoms with Crippen LogP contribution in [-0.2, 0) is 24.2 Å². The number of anilines is 1. The van der Waals surface area contributed by atoms with E-state index in [0.29, 0.717) is 11.3 Å². The lowest BCUT2D eigenvalue weighted by Gasteiger charge is -2.16. The summed E-state index contributed by atoms with van der Waals surface area (Å²) < 4.78 is 5.58. The minimum Gasteiger partial charge on any atom is -0.484 e. The predicted octanol–water partition coefficient (Wildman–Crippen LogP) is 2.47. The molecule has 1 heterocycles. The molecule has 0 spiro atoms. The van der Waals surface area contributed by atoms with E-state index in [1.54, 1.807) is 12.3 Å². The Bertz CT molecular complexity index is 700. The summed E-state index contributed by atoms with van der Waals surface area (Å²) in [4.78, 5) is 15.9. The molecule has 0 aliphatic heterocycles. The van der Waals surface area contributed by atoms with E-state index in [-0.39, 0.29) is 19.1 Å². The molecule has 3 rings (SSSR count). The van der Waals surface area contributed by atoms with Gasteiger partial charge in [-0.25, -0.2) is 0 Å². The summed E-state index contributed by atoms with van der Waals surface area (Å²) in [6, 6.07) is 7.71. The standard InChI is InChI=1S/C18H20N2O3/c21-11-15-7-8-19-10-17(15)20-18(22)12-23-16-6-5-13-3-1-2-4-14(13)9-16/h5-10,21H,1-4,11-12H2,(H,20,22). The number of rotatable bonds is 5. The number of aryl methyl sites for hydroxylation is 2. The van der Waals surface area contributed by atoms with Crippen LogP contribution in [0.15, 0.2) is 36.7 Å². The van der Waals surface area contributed by atoms with Crippen LogP contribution in [0.4, 0.5) is 5.69 Å². The maximum atomic E-state index is 12.0. The Morgan fingerprint density at radius 3 is 2.87 bits per heavy atom. The van der Waals surface area contributed by atoms with Gasteiger partial charge in [0.1, 0.15) is 5.75 Å². The van der Waals surface area contributed by atoms with Gasteiger partial charge in [-0.2, -0.15) is 0 Å². The van der Waals surface area contributed by atoms with Crippen molar-refractivity contribution in [1.82, 2.24) is 4.98 Å². The molecule has 0 fully saturated rings. The lowest BCUT2D eigenvalue weighted by Crippen LogP contribution is -2.21. The Labute approximate surface area is 135 Å². The second-order valence-electron chi connectivity index (χ2n) is 5.67. The van der Waals surface area contributed by atoms with Crippen LogP contribution in [0.3, 0.4) is 0 Å². The number of nitrogens with one attached hydrogen (secondary N) is 1. The average Bonchev–Trinajstić information content (AvgIpc) is 2.60. The monoisotopic (exact) mass is 312 g/mol. The van der Waals surface area contributed by atoms with Crippen LogP contribution in [-0.4, -0.2) is 22.6 Å². The van der Waals surface area contributed by atoms with E-state index in [2.05, 4.69) is 16.4 Å². The summed E-state index contributed by atoms with van der Waals surface area (Å²) in [5.74, 6) is 0.444. The van der Waals surface area contributed by atoms with Crippen molar-refractivity contribution in [2.24, 2.45) is 0 Å². The van der Waals surface area contributed by atoms with Gasteiger partial charge >= 0.3 is 0 Å². The van der Waals surface area contributed by atoms with Crippen LogP contribution in [0.1, 0.15) is 29.5 Å². The summed E-state index contributed by atoms with van der Waals surface area (Å²) in [7, 11) is 0. The summed E-state index contributed by atoms with van der Waals surface area (Å²) in [5.41, 5.74) is 3.84. The quantitative estimate of drug-likeness (QED) is 0.889. The third-order valence-corrected chi connectivity index (χ3v) is 4.05. The molecule has 1 aliphatic rings. The van der Waals surface area contributed by atoms with Gasteiger partial charge in [0, 0.05) is 11.8 Å². The number of hydrogen-bond acceptors (Lipinski definition) is 4. The summed E-state index contributed by atoms with van der Waals surface area (Å²) in [5, 5.41) is 11.9. The highest BCUT2D eigenvalue weighted by Crippen LogP contribution is 2.25. The van der Waals surface area contributed by atoms with Crippen LogP contribution < -0.4 is 10.1 Å². The number of aliphatic hydroxyl groups excluding tert-OH is 1. The fourth-order valence-electron chi connectivity index (χ4n) is 2.81. The van der Waals surface area contributed by atoms with E-state index in [1.165, 1.54) is 30.2 Å².